The molecule has 1 amide bonds. The smallest absolute Gasteiger partial charge is 0.285 e. The minimum absolute atomic E-state index is 0.0235. The molecule has 8 heteroatoms. The Labute approximate surface area is 136 Å². The molecule has 3 rings (SSSR count). The molecule has 122 valence electrons. The quantitative estimate of drug-likeness (QED) is 0.584. The SMILES string of the molecule is Cc1cccc(C(=O)Nc2ncnc3oc(C)c(C)c23)c1[N+](=O)[O-]. The Kier molecular flexibility index (Phi) is 3.72. The fourth-order valence-corrected chi connectivity index (χ4v) is 2.54. The minimum atomic E-state index is -0.608. The van der Waals surface area contributed by atoms with Crippen LogP contribution < -0.4 is 5.32 Å². The summed E-state index contributed by atoms with van der Waals surface area (Å²) in [5, 5.41) is 14.5. The van der Waals surface area contributed by atoms with Gasteiger partial charge in [0.25, 0.3) is 11.6 Å². The molecule has 1 aromatic carbocycles. The van der Waals surface area contributed by atoms with Crippen LogP contribution in [0.4, 0.5) is 11.5 Å². The Balaban J connectivity index is 2.06. The number of nitro groups is 1. The molecule has 0 unspecified atom stereocenters. The van der Waals surface area contributed by atoms with Crippen molar-refractivity contribution in [2.45, 2.75) is 20.8 Å². The highest BCUT2D eigenvalue weighted by Gasteiger charge is 2.24. The van der Waals surface area contributed by atoms with Gasteiger partial charge in [-0.1, -0.05) is 12.1 Å². The summed E-state index contributed by atoms with van der Waals surface area (Å²) in [5.41, 5.74) is 1.33. The number of hydrogen-bond acceptors (Lipinski definition) is 6. The number of fused-ring (bicyclic) bond motifs is 1. The molecule has 1 N–H and O–H groups in total. The van der Waals surface area contributed by atoms with Crippen LogP contribution in [0.15, 0.2) is 28.9 Å². The van der Waals surface area contributed by atoms with Crippen LogP contribution in [0.1, 0.15) is 27.2 Å². The molecule has 0 radical (unpaired) electrons. The second-order valence-electron chi connectivity index (χ2n) is 5.37. The van der Waals surface area contributed by atoms with Crippen LogP contribution in [-0.4, -0.2) is 20.8 Å². The first-order chi connectivity index (χ1) is 11.4. The molecule has 0 saturated heterocycles. The first kappa shape index (κ1) is 15.6. The predicted octanol–water partition coefficient (Wildman–Crippen LogP) is 3.31. The number of aromatic nitrogens is 2. The van der Waals surface area contributed by atoms with Crippen LogP contribution >= 0.6 is 0 Å². The van der Waals surface area contributed by atoms with Gasteiger partial charge in [-0.25, -0.2) is 9.97 Å². The van der Waals surface area contributed by atoms with Crippen molar-refractivity contribution in [3.8, 4) is 0 Å². The van der Waals surface area contributed by atoms with Gasteiger partial charge in [0.05, 0.1) is 10.3 Å². The summed E-state index contributed by atoms with van der Waals surface area (Å²) in [5.74, 6) is 0.321. The zero-order valence-electron chi connectivity index (χ0n) is 13.3. The van der Waals surface area contributed by atoms with E-state index in [1.165, 1.54) is 12.4 Å². The molecule has 0 aliphatic carbocycles. The third-order valence-corrected chi connectivity index (χ3v) is 3.86. The molecule has 0 fully saturated rings. The Morgan fingerprint density at radius 1 is 1.25 bits per heavy atom. The normalized spacial score (nSPS) is 10.8. The molecule has 8 nitrogen and oxygen atoms in total. The van der Waals surface area contributed by atoms with Crippen molar-refractivity contribution >= 4 is 28.5 Å². The topological polar surface area (TPSA) is 111 Å². The minimum Gasteiger partial charge on any atom is -0.443 e. The molecule has 0 saturated carbocycles. The third kappa shape index (κ3) is 2.47. The predicted molar refractivity (Wildman–Crippen MR) is 87.1 cm³/mol. The van der Waals surface area contributed by atoms with Crippen molar-refractivity contribution in [1.82, 2.24) is 9.97 Å². The first-order valence-corrected chi connectivity index (χ1v) is 7.16. The van der Waals surface area contributed by atoms with Gasteiger partial charge in [-0.2, -0.15) is 0 Å². The van der Waals surface area contributed by atoms with Crippen molar-refractivity contribution in [2.75, 3.05) is 5.32 Å². The van der Waals surface area contributed by atoms with E-state index in [4.69, 9.17) is 4.42 Å². The summed E-state index contributed by atoms with van der Waals surface area (Å²) in [4.78, 5) is 31.3. The summed E-state index contributed by atoms with van der Waals surface area (Å²) < 4.78 is 5.50. The molecule has 0 aliphatic rings. The number of para-hydroxylation sites is 1. The van der Waals surface area contributed by atoms with Crippen molar-refractivity contribution in [3.05, 3.63) is 57.1 Å². The summed E-state index contributed by atoms with van der Waals surface area (Å²) >= 11 is 0. The van der Waals surface area contributed by atoms with Gasteiger partial charge >= 0.3 is 0 Å². The molecule has 0 spiro atoms. The van der Waals surface area contributed by atoms with Gasteiger partial charge < -0.3 is 9.73 Å². The molecule has 0 bridgehead atoms. The van der Waals surface area contributed by atoms with Crippen molar-refractivity contribution in [3.63, 3.8) is 0 Å². The average molecular weight is 326 g/mol. The van der Waals surface area contributed by atoms with Gasteiger partial charge in [-0.15, -0.1) is 0 Å². The van der Waals surface area contributed by atoms with Crippen LogP contribution in [0, 0.1) is 30.9 Å². The van der Waals surface area contributed by atoms with E-state index in [1.807, 2.05) is 6.92 Å². The molecular weight excluding hydrogens is 312 g/mol. The van der Waals surface area contributed by atoms with E-state index < -0.39 is 10.8 Å². The van der Waals surface area contributed by atoms with E-state index in [1.54, 1.807) is 26.0 Å². The molecular formula is C16H14N4O4. The lowest BCUT2D eigenvalue weighted by atomic mass is 10.1. The number of aryl methyl sites for hydroxylation is 3. The number of benzene rings is 1. The summed E-state index contributed by atoms with van der Waals surface area (Å²) in [6.45, 7) is 5.20. The van der Waals surface area contributed by atoms with Gasteiger partial charge in [0.1, 0.15) is 23.5 Å². The zero-order chi connectivity index (χ0) is 17.4. The maximum absolute atomic E-state index is 12.5. The van der Waals surface area contributed by atoms with Crippen LogP contribution in [0.3, 0.4) is 0 Å². The van der Waals surface area contributed by atoms with Crippen LogP contribution in [-0.2, 0) is 0 Å². The van der Waals surface area contributed by atoms with E-state index in [0.29, 0.717) is 22.4 Å². The van der Waals surface area contributed by atoms with E-state index >= 15 is 0 Å². The average Bonchev–Trinajstić information content (AvgIpc) is 2.82. The largest absolute Gasteiger partial charge is 0.443 e. The van der Waals surface area contributed by atoms with Crippen LogP contribution in [0.2, 0.25) is 0 Å². The number of hydrogen-bond donors (Lipinski definition) is 1. The molecule has 24 heavy (non-hydrogen) atoms. The number of furan rings is 1. The Bertz CT molecular complexity index is 978. The van der Waals surface area contributed by atoms with E-state index in [0.717, 1.165) is 5.56 Å². The molecule has 0 aliphatic heterocycles. The van der Waals surface area contributed by atoms with Crippen molar-refractivity contribution < 1.29 is 14.1 Å². The number of anilines is 1. The fraction of sp³-hybridized carbons (Fsp3) is 0.188. The van der Waals surface area contributed by atoms with Crippen molar-refractivity contribution in [2.24, 2.45) is 0 Å². The van der Waals surface area contributed by atoms with Gasteiger partial charge in [0, 0.05) is 11.1 Å². The van der Waals surface area contributed by atoms with Crippen LogP contribution in [0.5, 0.6) is 0 Å². The third-order valence-electron chi connectivity index (χ3n) is 3.86. The number of rotatable bonds is 3. The highest BCUT2D eigenvalue weighted by Crippen LogP contribution is 2.29. The maximum atomic E-state index is 12.5. The first-order valence-electron chi connectivity index (χ1n) is 7.16. The standard InChI is InChI=1S/C16H14N4O4/c1-8-5-4-6-11(13(8)20(22)23)15(21)19-14-12-9(2)10(3)24-16(12)18-7-17-14/h4-7H,1-3H3,(H,17,18,19,21). The van der Waals surface area contributed by atoms with Crippen LogP contribution in [0.25, 0.3) is 11.1 Å². The van der Waals surface area contributed by atoms with E-state index in [9.17, 15) is 14.9 Å². The number of amides is 1. The zero-order valence-corrected chi connectivity index (χ0v) is 13.3. The molecule has 2 heterocycles. The monoisotopic (exact) mass is 326 g/mol. The summed E-state index contributed by atoms with van der Waals surface area (Å²) in [7, 11) is 0. The van der Waals surface area contributed by atoms with Gasteiger partial charge in [0.15, 0.2) is 0 Å². The lowest BCUT2D eigenvalue weighted by Crippen LogP contribution is -2.15. The molecule has 3 aromatic rings. The Morgan fingerprint density at radius 2 is 2.00 bits per heavy atom. The highest BCUT2D eigenvalue weighted by molar-refractivity contribution is 6.10. The lowest BCUT2D eigenvalue weighted by molar-refractivity contribution is -0.385. The number of carbonyl (C=O) groups excluding carboxylic acids is 1. The fourth-order valence-electron chi connectivity index (χ4n) is 2.54. The Morgan fingerprint density at radius 3 is 2.71 bits per heavy atom. The number of carbonyl (C=O) groups is 1. The summed E-state index contributed by atoms with van der Waals surface area (Å²) in [6.07, 6.45) is 1.27. The summed E-state index contributed by atoms with van der Waals surface area (Å²) in [6, 6.07) is 4.59. The number of nitrogens with zero attached hydrogens (tertiary/aromatic N) is 3. The second kappa shape index (κ2) is 5.73. The number of nitrogens with one attached hydrogen (secondary N) is 1. The van der Waals surface area contributed by atoms with Gasteiger partial charge in [-0.3, -0.25) is 14.9 Å². The Hall–Kier alpha value is -3.29. The van der Waals surface area contributed by atoms with E-state index in [-0.39, 0.29) is 17.1 Å². The lowest BCUT2D eigenvalue weighted by Gasteiger charge is -2.07. The highest BCUT2D eigenvalue weighted by atomic mass is 16.6. The van der Waals surface area contributed by atoms with E-state index in [2.05, 4.69) is 15.3 Å². The maximum Gasteiger partial charge on any atom is 0.285 e. The molecule has 0 atom stereocenters. The second-order valence-corrected chi connectivity index (χ2v) is 5.37. The molecule has 2 aromatic heterocycles. The van der Waals surface area contributed by atoms with Crippen molar-refractivity contribution in [1.29, 1.82) is 0 Å². The van der Waals surface area contributed by atoms with Gasteiger partial charge in [-0.05, 0) is 26.8 Å². The van der Waals surface area contributed by atoms with Gasteiger partial charge in [0.2, 0.25) is 5.71 Å². The number of nitro benzene ring substituents is 1.